The third-order valence-corrected chi connectivity index (χ3v) is 3.90. The molecule has 108 valence electrons. The fraction of sp³-hybridized carbons (Fsp3) is 0.562. The molecule has 1 aromatic carbocycles. The zero-order valence-corrected chi connectivity index (χ0v) is 13.0. The third-order valence-electron chi connectivity index (χ3n) is 3.90. The van der Waals surface area contributed by atoms with Crippen molar-refractivity contribution >= 4 is 5.84 Å². The van der Waals surface area contributed by atoms with Gasteiger partial charge in [0.05, 0.1) is 18.4 Å². The van der Waals surface area contributed by atoms with E-state index < -0.39 is 0 Å². The van der Waals surface area contributed by atoms with Crippen LogP contribution in [0.4, 0.5) is 0 Å². The van der Waals surface area contributed by atoms with Gasteiger partial charge >= 0.3 is 0 Å². The zero-order chi connectivity index (χ0) is 14.9. The molecule has 4 nitrogen and oxygen atoms in total. The zero-order valence-electron chi connectivity index (χ0n) is 13.0. The van der Waals surface area contributed by atoms with Crippen molar-refractivity contribution in [3.8, 4) is 0 Å². The molecule has 0 aliphatic carbocycles. The molecule has 0 aromatic heterocycles. The highest BCUT2D eigenvalue weighted by molar-refractivity contribution is 5.86. The summed E-state index contributed by atoms with van der Waals surface area (Å²) < 4.78 is 0. The average Bonchev–Trinajstić information content (AvgIpc) is 2.79. The van der Waals surface area contributed by atoms with E-state index in [2.05, 4.69) is 57.0 Å². The number of hydrogen-bond donors (Lipinski definition) is 0. The summed E-state index contributed by atoms with van der Waals surface area (Å²) in [6.45, 7) is 12.2. The minimum atomic E-state index is 0.148. The van der Waals surface area contributed by atoms with Gasteiger partial charge in [-0.25, -0.2) is 5.01 Å². The first-order chi connectivity index (χ1) is 9.32. The van der Waals surface area contributed by atoms with Gasteiger partial charge in [0.15, 0.2) is 0 Å². The Morgan fingerprint density at radius 3 is 2.35 bits per heavy atom. The van der Waals surface area contributed by atoms with Gasteiger partial charge in [0, 0.05) is 6.42 Å². The number of nitroso groups, excluding NO2 is 1. The second-order valence-corrected chi connectivity index (χ2v) is 6.52. The monoisotopic (exact) mass is 273 g/mol. The molecule has 0 saturated heterocycles. The Hall–Kier alpha value is -1.71. The maximum atomic E-state index is 10.8. The molecule has 0 amide bonds. The summed E-state index contributed by atoms with van der Waals surface area (Å²) in [5.74, 6) is 0.787. The summed E-state index contributed by atoms with van der Waals surface area (Å²) >= 11 is 0. The predicted octanol–water partition coefficient (Wildman–Crippen LogP) is 3.54. The molecule has 2 rings (SSSR count). The van der Waals surface area contributed by atoms with Crippen LogP contribution < -0.4 is 0 Å². The van der Waals surface area contributed by atoms with E-state index >= 15 is 0 Å². The van der Waals surface area contributed by atoms with E-state index in [0.29, 0.717) is 19.5 Å². The highest BCUT2D eigenvalue weighted by Crippen LogP contribution is 2.27. The summed E-state index contributed by atoms with van der Waals surface area (Å²) in [5.41, 5.74) is 5.27. The topological polar surface area (TPSA) is 45.0 Å². The number of rotatable bonds is 3. The minimum Gasteiger partial charge on any atom is -0.268 e. The molecule has 4 heteroatoms. The van der Waals surface area contributed by atoms with Gasteiger partial charge < -0.3 is 0 Å². The summed E-state index contributed by atoms with van der Waals surface area (Å²) in [7, 11) is 0. The van der Waals surface area contributed by atoms with Gasteiger partial charge in [-0.05, 0) is 41.5 Å². The van der Waals surface area contributed by atoms with E-state index in [4.69, 9.17) is 0 Å². The molecule has 20 heavy (non-hydrogen) atoms. The van der Waals surface area contributed by atoms with Crippen LogP contribution in [0.3, 0.4) is 0 Å². The van der Waals surface area contributed by atoms with Gasteiger partial charge in [-0.15, -0.1) is 4.91 Å². The molecule has 0 N–H and O–H groups in total. The molecule has 0 fully saturated rings. The molecular formula is C16H23N3O. The van der Waals surface area contributed by atoms with Crippen molar-refractivity contribution in [3.63, 3.8) is 0 Å². The molecule has 1 heterocycles. The van der Waals surface area contributed by atoms with Crippen LogP contribution in [0.5, 0.6) is 0 Å². The van der Waals surface area contributed by atoms with E-state index in [1.165, 1.54) is 27.3 Å². The van der Waals surface area contributed by atoms with Crippen molar-refractivity contribution in [2.24, 2.45) is 10.3 Å². The van der Waals surface area contributed by atoms with Gasteiger partial charge in [0.25, 0.3) is 0 Å². The Morgan fingerprint density at radius 2 is 1.85 bits per heavy atom. The van der Waals surface area contributed by atoms with E-state index in [-0.39, 0.29) is 5.41 Å². The Bertz CT molecular complexity index is 532. The van der Waals surface area contributed by atoms with Gasteiger partial charge in [0.1, 0.15) is 5.84 Å². The molecule has 0 spiro atoms. The van der Waals surface area contributed by atoms with Crippen molar-refractivity contribution in [2.45, 2.75) is 46.5 Å². The van der Waals surface area contributed by atoms with Crippen LogP contribution in [0.25, 0.3) is 0 Å². The number of aliphatic imine (C=N–C) groups is 1. The Labute approximate surface area is 120 Å². The summed E-state index contributed by atoms with van der Waals surface area (Å²) in [4.78, 5) is 15.1. The SMILES string of the molecule is Cc1cc(C(C)(C)C)cc(C)c1CC1=NCCN1N=O. The minimum absolute atomic E-state index is 0.148. The first-order valence-corrected chi connectivity index (χ1v) is 7.07. The molecule has 0 saturated carbocycles. The standard InChI is InChI=1S/C16H23N3O/c1-11-8-13(16(3,4)5)9-12(2)14(11)10-15-17-6-7-19(15)18-20/h8-9H,6-7,10H2,1-5H3. The van der Waals surface area contributed by atoms with Crippen LogP contribution >= 0.6 is 0 Å². The lowest BCUT2D eigenvalue weighted by molar-refractivity contribution is 0.476. The van der Waals surface area contributed by atoms with Gasteiger partial charge in [-0.2, -0.15) is 0 Å². The van der Waals surface area contributed by atoms with E-state index in [1.54, 1.807) is 0 Å². The van der Waals surface area contributed by atoms with Crippen molar-refractivity contribution in [3.05, 3.63) is 39.3 Å². The van der Waals surface area contributed by atoms with Crippen LogP contribution in [0.15, 0.2) is 22.4 Å². The molecule has 0 unspecified atom stereocenters. The second-order valence-electron chi connectivity index (χ2n) is 6.52. The van der Waals surface area contributed by atoms with E-state index in [0.717, 1.165) is 5.84 Å². The van der Waals surface area contributed by atoms with Crippen molar-refractivity contribution in [1.29, 1.82) is 0 Å². The van der Waals surface area contributed by atoms with Crippen molar-refractivity contribution < 1.29 is 0 Å². The number of aryl methyl sites for hydroxylation is 2. The normalized spacial score (nSPS) is 15.4. The lowest BCUT2D eigenvalue weighted by Gasteiger charge is -2.22. The van der Waals surface area contributed by atoms with Crippen LogP contribution in [-0.2, 0) is 11.8 Å². The number of nitrogens with zero attached hydrogens (tertiary/aromatic N) is 3. The quantitative estimate of drug-likeness (QED) is 0.791. The maximum absolute atomic E-state index is 10.8. The molecule has 0 radical (unpaired) electrons. The second kappa shape index (κ2) is 5.35. The van der Waals surface area contributed by atoms with E-state index in [9.17, 15) is 4.91 Å². The Kier molecular flexibility index (Phi) is 3.93. The van der Waals surface area contributed by atoms with Gasteiger partial charge in [0.2, 0.25) is 0 Å². The molecule has 1 aliphatic heterocycles. The van der Waals surface area contributed by atoms with Crippen LogP contribution in [0.1, 0.15) is 43.0 Å². The summed E-state index contributed by atoms with van der Waals surface area (Å²) in [6, 6.07) is 4.49. The largest absolute Gasteiger partial charge is 0.268 e. The summed E-state index contributed by atoms with van der Waals surface area (Å²) in [6.07, 6.45) is 0.688. The average molecular weight is 273 g/mol. The fourth-order valence-electron chi connectivity index (χ4n) is 2.58. The van der Waals surface area contributed by atoms with Crippen molar-refractivity contribution in [1.82, 2.24) is 5.01 Å². The lowest BCUT2D eigenvalue weighted by Crippen LogP contribution is -2.24. The van der Waals surface area contributed by atoms with Crippen LogP contribution in [-0.4, -0.2) is 23.9 Å². The number of hydrogen-bond acceptors (Lipinski definition) is 3. The molecule has 1 aromatic rings. The number of amidine groups is 1. The molecule has 0 atom stereocenters. The van der Waals surface area contributed by atoms with Crippen molar-refractivity contribution in [2.75, 3.05) is 13.1 Å². The Morgan fingerprint density at radius 1 is 1.25 bits per heavy atom. The maximum Gasteiger partial charge on any atom is 0.127 e. The Balaban J connectivity index is 2.32. The van der Waals surface area contributed by atoms with Gasteiger partial charge in [-0.1, -0.05) is 32.9 Å². The first kappa shape index (κ1) is 14.7. The molecular weight excluding hydrogens is 250 g/mol. The van der Waals surface area contributed by atoms with E-state index in [1.807, 2.05) is 0 Å². The third kappa shape index (κ3) is 2.89. The smallest absolute Gasteiger partial charge is 0.127 e. The first-order valence-electron chi connectivity index (χ1n) is 7.07. The highest BCUT2D eigenvalue weighted by atomic mass is 16.3. The number of benzene rings is 1. The fourth-order valence-corrected chi connectivity index (χ4v) is 2.58. The highest BCUT2D eigenvalue weighted by Gasteiger charge is 2.21. The predicted molar refractivity (Wildman–Crippen MR) is 83.1 cm³/mol. The van der Waals surface area contributed by atoms with Crippen LogP contribution in [0.2, 0.25) is 0 Å². The molecule has 0 bridgehead atoms. The molecule has 1 aliphatic rings. The summed E-state index contributed by atoms with van der Waals surface area (Å²) in [5, 5.41) is 4.50. The van der Waals surface area contributed by atoms with Gasteiger partial charge in [-0.3, -0.25) is 4.99 Å². The van der Waals surface area contributed by atoms with Crippen LogP contribution in [0, 0.1) is 18.8 Å². The lowest BCUT2D eigenvalue weighted by atomic mass is 9.83.